The smallest absolute Gasteiger partial charge is 0.211 e. The molecule has 0 heterocycles. The van der Waals surface area contributed by atoms with Gasteiger partial charge in [0.1, 0.15) is 5.82 Å². The van der Waals surface area contributed by atoms with Crippen molar-refractivity contribution in [3.63, 3.8) is 0 Å². The largest absolute Gasteiger partial charge is 0.240 e. The molecule has 0 amide bonds. The predicted octanol–water partition coefficient (Wildman–Crippen LogP) is 2.21. The van der Waals surface area contributed by atoms with Gasteiger partial charge in [-0.25, -0.2) is 17.5 Å². The molecular formula is C11H16FNO2S. The monoisotopic (exact) mass is 245 g/mol. The van der Waals surface area contributed by atoms with Gasteiger partial charge in [0.25, 0.3) is 0 Å². The van der Waals surface area contributed by atoms with E-state index in [1.165, 1.54) is 18.2 Å². The first-order valence-electron chi connectivity index (χ1n) is 5.23. The number of hydrogen-bond donors (Lipinski definition) is 1. The van der Waals surface area contributed by atoms with Crippen molar-refractivity contribution in [3.8, 4) is 0 Å². The van der Waals surface area contributed by atoms with Gasteiger partial charge in [-0.15, -0.1) is 0 Å². The standard InChI is InChI=1S/C11H16FNO2S/c1-3-4-7-13-16(14,15)10-5-6-11(12)9(2)8-10/h5-6,8,13H,3-4,7H2,1-2H3. The molecule has 1 aromatic rings. The Morgan fingerprint density at radius 3 is 2.62 bits per heavy atom. The lowest BCUT2D eigenvalue weighted by molar-refractivity contribution is 0.577. The zero-order chi connectivity index (χ0) is 12.2. The summed E-state index contributed by atoms with van der Waals surface area (Å²) in [6.07, 6.45) is 1.71. The molecule has 1 N–H and O–H groups in total. The second-order valence-electron chi connectivity index (χ2n) is 3.66. The first-order valence-corrected chi connectivity index (χ1v) is 6.71. The normalized spacial score (nSPS) is 11.7. The van der Waals surface area contributed by atoms with Crippen molar-refractivity contribution in [2.24, 2.45) is 0 Å². The van der Waals surface area contributed by atoms with Crippen LogP contribution in [0.25, 0.3) is 0 Å². The van der Waals surface area contributed by atoms with Gasteiger partial charge in [-0.2, -0.15) is 0 Å². The third-order valence-electron chi connectivity index (χ3n) is 2.26. The van der Waals surface area contributed by atoms with E-state index in [9.17, 15) is 12.8 Å². The Labute approximate surface area is 95.7 Å². The topological polar surface area (TPSA) is 46.2 Å². The Hall–Kier alpha value is -0.940. The van der Waals surface area contributed by atoms with E-state index < -0.39 is 15.8 Å². The number of nitrogens with one attached hydrogen (secondary N) is 1. The van der Waals surface area contributed by atoms with Crippen LogP contribution in [0.1, 0.15) is 25.3 Å². The molecule has 0 unspecified atom stereocenters. The summed E-state index contributed by atoms with van der Waals surface area (Å²) in [6.45, 7) is 3.94. The maximum atomic E-state index is 13.0. The first-order chi connectivity index (χ1) is 7.47. The molecule has 1 rings (SSSR count). The Morgan fingerprint density at radius 1 is 1.38 bits per heavy atom. The fraction of sp³-hybridized carbons (Fsp3) is 0.455. The number of hydrogen-bond acceptors (Lipinski definition) is 2. The van der Waals surface area contributed by atoms with Gasteiger partial charge in [0.15, 0.2) is 0 Å². The lowest BCUT2D eigenvalue weighted by Gasteiger charge is -2.07. The summed E-state index contributed by atoms with van der Waals surface area (Å²) < 4.78 is 38.9. The molecule has 0 atom stereocenters. The van der Waals surface area contributed by atoms with Gasteiger partial charge >= 0.3 is 0 Å². The molecule has 0 aromatic heterocycles. The maximum Gasteiger partial charge on any atom is 0.240 e. The van der Waals surface area contributed by atoms with E-state index in [0.717, 1.165) is 12.8 Å². The molecule has 1 aromatic carbocycles. The first kappa shape index (κ1) is 13.1. The van der Waals surface area contributed by atoms with E-state index in [2.05, 4.69) is 4.72 Å². The average molecular weight is 245 g/mol. The fourth-order valence-corrected chi connectivity index (χ4v) is 2.41. The highest BCUT2D eigenvalue weighted by Gasteiger charge is 2.14. The summed E-state index contributed by atoms with van der Waals surface area (Å²) in [5, 5.41) is 0. The fourth-order valence-electron chi connectivity index (χ4n) is 1.25. The van der Waals surface area contributed by atoms with Crippen molar-refractivity contribution in [2.45, 2.75) is 31.6 Å². The summed E-state index contributed by atoms with van der Waals surface area (Å²) in [5.74, 6) is -0.396. The number of unbranched alkanes of at least 4 members (excludes halogenated alkanes) is 1. The number of benzene rings is 1. The van der Waals surface area contributed by atoms with E-state index in [-0.39, 0.29) is 4.90 Å². The molecule has 0 spiro atoms. The summed E-state index contributed by atoms with van der Waals surface area (Å²) in [6, 6.07) is 3.78. The van der Waals surface area contributed by atoms with E-state index in [1.54, 1.807) is 6.92 Å². The van der Waals surface area contributed by atoms with Crippen molar-refractivity contribution in [2.75, 3.05) is 6.54 Å². The molecule has 16 heavy (non-hydrogen) atoms. The van der Waals surface area contributed by atoms with Crippen LogP contribution < -0.4 is 4.72 Å². The Balaban J connectivity index is 2.86. The minimum absolute atomic E-state index is 0.113. The second-order valence-corrected chi connectivity index (χ2v) is 5.43. The highest BCUT2D eigenvalue weighted by atomic mass is 32.2. The molecule has 0 bridgehead atoms. The van der Waals surface area contributed by atoms with Gasteiger partial charge in [0.2, 0.25) is 10.0 Å². The van der Waals surface area contributed by atoms with Gasteiger partial charge < -0.3 is 0 Å². The van der Waals surface area contributed by atoms with Crippen molar-refractivity contribution < 1.29 is 12.8 Å². The van der Waals surface area contributed by atoms with Crippen molar-refractivity contribution in [3.05, 3.63) is 29.6 Å². The maximum absolute atomic E-state index is 13.0. The van der Waals surface area contributed by atoms with Crippen LogP contribution in [0.5, 0.6) is 0 Å². The molecular weight excluding hydrogens is 229 g/mol. The number of rotatable bonds is 5. The Kier molecular flexibility index (Phi) is 4.44. The van der Waals surface area contributed by atoms with Crippen LogP contribution in [0.15, 0.2) is 23.1 Å². The van der Waals surface area contributed by atoms with Crippen LogP contribution in [0.2, 0.25) is 0 Å². The van der Waals surface area contributed by atoms with Crippen LogP contribution in [-0.4, -0.2) is 15.0 Å². The molecule has 0 aliphatic rings. The SMILES string of the molecule is CCCCNS(=O)(=O)c1ccc(F)c(C)c1. The summed E-state index contributed by atoms with van der Waals surface area (Å²) in [7, 11) is -3.49. The zero-order valence-corrected chi connectivity index (χ0v) is 10.3. The Morgan fingerprint density at radius 2 is 2.06 bits per heavy atom. The van der Waals surface area contributed by atoms with Crippen molar-refractivity contribution in [1.82, 2.24) is 4.72 Å². The molecule has 0 fully saturated rings. The molecule has 5 heteroatoms. The quantitative estimate of drug-likeness (QED) is 0.808. The Bertz CT molecular complexity index is 457. The van der Waals surface area contributed by atoms with E-state index in [1.807, 2.05) is 6.92 Å². The van der Waals surface area contributed by atoms with Crippen molar-refractivity contribution in [1.29, 1.82) is 0 Å². The molecule has 0 radical (unpaired) electrons. The predicted molar refractivity (Wildman–Crippen MR) is 61.2 cm³/mol. The van der Waals surface area contributed by atoms with E-state index >= 15 is 0 Å². The molecule has 0 aliphatic carbocycles. The molecule has 0 saturated heterocycles. The lowest BCUT2D eigenvalue weighted by Crippen LogP contribution is -2.24. The summed E-state index contributed by atoms with van der Waals surface area (Å²) in [4.78, 5) is 0.113. The molecule has 90 valence electrons. The highest BCUT2D eigenvalue weighted by Crippen LogP contribution is 2.13. The minimum Gasteiger partial charge on any atom is -0.211 e. The van der Waals surface area contributed by atoms with Crippen LogP contribution >= 0.6 is 0 Å². The molecule has 0 aliphatic heterocycles. The third kappa shape index (κ3) is 3.28. The number of halogens is 1. The lowest BCUT2D eigenvalue weighted by atomic mass is 10.2. The van der Waals surface area contributed by atoms with Crippen LogP contribution in [0.3, 0.4) is 0 Å². The second kappa shape index (κ2) is 5.41. The summed E-state index contributed by atoms with van der Waals surface area (Å²) >= 11 is 0. The van der Waals surface area contributed by atoms with E-state index in [4.69, 9.17) is 0 Å². The van der Waals surface area contributed by atoms with Crippen LogP contribution in [0.4, 0.5) is 4.39 Å². The van der Waals surface area contributed by atoms with Gasteiger partial charge in [-0.05, 0) is 37.1 Å². The third-order valence-corrected chi connectivity index (χ3v) is 3.72. The average Bonchev–Trinajstić information content (AvgIpc) is 2.22. The molecule has 3 nitrogen and oxygen atoms in total. The van der Waals surface area contributed by atoms with E-state index in [0.29, 0.717) is 12.1 Å². The zero-order valence-electron chi connectivity index (χ0n) is 9.46. The summed E-state index contributed by atoms with van der Waals surface area (Å²) in [5.41, 5.74) is 0.332. The van der Waals surface area contributed by atoms with Gasteiger partial charge in [-0.1, -0.05) is 13.3 Å². The van der Waals surface area contributed by atoms with Gasteiger partial charge in [-0.3, -0.25) is 0 Å². The number of sulfonamides is 1. The van der Waals surface area contributed by atoms with Crippen molar-refractivity contribution >= 4 is 10.0 Å². The minimum atomic E-state index is -3.49. The molecule has 0 saturated carbocycles. The number of aryl methyl sites for hydroxylation is 1. The van der Waals surface area contributed by atoms with Gasteiger partial charge in [0, 0.05) is 6.54 Å². The van der Waals surface area contributed by atoms with Gasteiger partial charge in [0.05, 0.1) is 4.90 Å². The van der Waals surface area contributed by atoms with Crippen LogP contribution in [-0.2, 0) is 10.0 Å². The highest BCUT2D eigenvalue weighted by molar-refractivity contribution is 7.89. The van der Waals surface area contributed by atoms with Crippen LogP contribution in [0, 0.1) is 12.7 Å².